The highest BCUT2D eigenvalue weighted by Gasteiger charge is 2.25. The predicted octanol–water partition coefficient (Wildman–Crippen LogP) is 2.12. The Morgan fingerprint density at radius 3 is 2.69 bits per heavy atom. The lowest BCUT2D eigenvalue weighted by molar-refractivity contribution is 0.140. The maximum absolute atomic E-state index is 11.2. The summed E-state index contributed by atoms with van der Waals surface area (Å²) in [7, 11) is -1.16. The van der Waals surface area contributed by atoms with Gasteiger partial charge < -0.3 is 10.6 Å². The molecule has 1 aliphatic heterocycles. The Hall–Kier alpha value is -1.12. The van der Waals surface area contributed by atoms with E-state index in [0.29, 0.717) is 19.0 Å². The van der Waals surface area contributed by atoms with Crippen LogP contribution in [0.5, 0.6) is 0 Å². The highest BCUT2D eigenvalue weighted by atomic mass is 32.2. The highest BCUT2D eigenvalue weighted by molar-refractivity contribution is 7.90. The highest BCUT2D eigenvalue weighted by Crippen LogP contribution is 2.28. The molecule has 0 aliphatic carbocycles. The lowest BCUT2D eigenvalue weighted by atomic mass is 9.97. The van der Waals surface area contributed by atoms with E-state index >= 15 is 0 Å². The van der Waals surface area contributed by atoms with Gasteiger partial charge in [-0.25, -0.2) is 8.42 Å². The van der Waals surface area contributed by atoms with Crippen LogP contribution in [0.15, 0.2) is 22.5 Å². The molecular weight excluding hydrogens is 368 g/mol. The van der Waals surface area contributed by atoms with E-state index in [1.165, 1.54) is 24.0 Å². The summed E-state index contributed by atoms with van der Waals surface area (Å²) < 4.78 is 22.4. The van der Waals surface area contributed by atoms with Gasteiger partial charge in [-0.2, -0.15) is 0 Å². The SMILES string of the molecule is CN=C(NCCCS(C)(=O)=O)NCC(c1cccs1)N1CCC(C)CC1. The van der Waals surface area contributed by atoms with Crippen LogP contribution in [0.2, 0.25) is 0 Å². The van der Waals surface area contributed by atoms with Crippen LogP contribution in [0, 0.1) is 5.92 Å². The number of rotatable bonds is 8. The number of aliphatic imine (C=N–C) groups is 1. The number of likely N-dealkylation sites (tertiary alicyclic amines) is 1. The summed E-state index contributed by atoms with van der Waals surface area (Å²) in [6.45, 7) is 5.98. The number of guanidine groups is 1. The van der Waals surface area contributed by atoms with E-state index in [-0.39, 0.29) is 5.75 Å². The van der Waals surface area contributed by atoms with Gasteiger partial charge >= 0.3 is 0 Å². The first-order valence-corrected chi connectivity index (χ1v) is 12.2. The molecule has 26 heavy (non-hydrogen) atoms. The smallest absolute Gasteiger partial charge is 0.191 e. The number of nitrogens with zero attached hydrogens (tertiary/aromatic N) is 2. The third-order valence-corrected chi connectivity index (χ3v) is 6.81. The molecule has 0 bridgehead atoms. The van der Waals surface area contributed by atoms with Crippen molar-refractivity contribution in [3.63, 3.8) is 0 Å². The van der Waals surface area contributed by atoms with Gasteiger partial charge in [-0.15, -0.1) is 11.3 Å². The number of piperidine rings is 1. The van der Waals surface area contributed by atoms with Crippen LogP contribution < -0.4 is 10.6 Å². The third-order valence-electron chi connectivity index (χ3n) is 4.80. The van der Waals surface area contributed by atoms with Gasteiger partial charge in [-0.05, 0) is 49.7 Å². The Balaban J connectivity index is 1.87. The molecule has 2 heterocycles. The fraction of sp³-hybridized carbons (Fsp3) is 0.722. The van der Waals surface area contributed by atoms with Gasteiger partial charge in [0.15, 0.2) is 5.96 Å². The van der Waals surface area contributed by atoms with Gasteiger partial charge in [-0.1, -0.05) is 13.0 Å². The molecule has 1 aliphatic rings. The Labute approximate surface area is 162 Å². The monoisotopic (exact) mass is 400 g/mol. The van der Waals surface area contributed by atoms with Crippen LogP contribution in [0.4, 0.5) is 0 Å². The summed E-state index contributed by atoms with van der Waals surface area (Å²) >= 11 is 1.80. The van der Waals surface area contributed by atoms with E-state index in [2.05, 4.69) is 45.0 Å². The third kappa shape index (κ3) is 7.25. The Kier molecular flexibility index (Phi) is 8.37. The zero-order valence-electron chi connectivity index (χ0n) is 16.1. The minimum Gasteiger partial charge on any atom is -0.356 e. The van der Waals surface area contributed by atoms with Crippen molar-refractivity contribution in [3.05, 3.63) is 22.4 Å². The first kappa shape index (κ1) is 21.2. The lowest BCUT2D eigenvalue weighted by Crippen LogP contribution is -2.45. The number of thiophene rings is 1. The van der Waals surface area contributed by atoms with Crippen molar-refractivity contribution >= 4 is 27.1 Å². The standard InChI is InChI=1S/C18H32N4O2S2/c1-15-7-10-22(11-8-15)16(17-6-4-12-25-17)14-21-18(19-2)20-9-5-13-26(3,23)24/h4,6,12,15-16H,5,7-11,13-14H2,1-3H3,(H2,19,20,21). The van der Waals surface area contributed by atoms with Gasteiger partial charge in [0.2, 0.25) is 0 Å². The average molecular weight is 401 g/mol. The lowest BCUT2D eigenvalue weighted by Gasteiger charge is -2.36. The largest absolute Gasteiger partial charge is 0.356 e. The molecule has 148 valence electrons. The number of hydrogen-bond acceptors (Lipinski definition) is 5. The Morgan fingerprint density at radius 2 is 2.12 bits per heavy atom. The van der Waals surface area contributed by atoms with Crippen LogP contribution in [-0.2, 0) is 9.84 Å². The van der Waals surface area contributed by atoms with Crippen molar-refractivity contribution in [2.45, 2.75) is 32.2 Å². The van der Waals surface area contributed by atoms with Gasteiger partial charge in [0, 0.05) is 31.3 Å². The van der Waals surface area contributed by atoms with Crippen molar-refractivity contribution in [2.75, 3.05) is 45.2 Å². The van der Waals surface area contributed by atoms with Gasteiger partial charge in [0.05, 0.1) is 11.8 Å². The van der Waals surface area contributed by atoms with E-state index in [1.54, 1.807) is 18.4 Å². The van der Waals surface area contributed by atoms with E-state index in [0.717, 1.165) is 31.5 Å². The fourth-order valence-corrected chi connectivity index (χ4v) is 4.72. The molecule has 1 saturated heterocycles. The zero-order chi connectivity index (χ0) is 19.0. The fourth-order valence-electron chi connectivity index (χ4n) is 3.19. The molecule has 0 spiro atoms. The number of nitrogens with one attached hydrogen (secondary N) is 2. The maximum atomic E-state index is 11.2. The minimum atomic E-state index is -2.91. The summed E-state index contributed by atoms with van der Waals surface area (Å²) in [5, 5.41) is 8.76. The number of hydrogen-bond donors (Lipinski definition) is 2. The van der Waals surface area contributed by atoms with Gasteiger partial charge in [0.1, 0.15) is 9.84 Å². The van der Waals surface area contributed by atoms with E-state index in [4.69, 9.17) is 0 Å². The number of sulfone groups is 1. The quantitative estimate of drug-likeness (QED) is 0.397. The summed E-state index contributed by atoms with van der Waals surface area (Å²) in [6.07, 6.45) is 4.35. The summed E-state index contributed by atoms with van der Waals surface area (Å²) in [5.74, 6) is 1.73. The summed E-state index contributed by atoms with van der Waals surface area (Å²) in [4.78, 5) is 8.20. The van der Waals surface area contributed by atoms with Crippen LogP contribution >= 0.6 is 11.3 Å². The van der Waals surface area contributed by atoms with E-state index in [9.17, 15) is 8.42 Å². The molecule has 8 heteroatoms. The maximum Gasteiger partial charge on any atom is 0.191 e. The first-order valence-electron chi connectivity index (χ1n) is 9.28. The minimum absolute atomic E-state index is 0.195. The predicted molar refractivity (Wildman–Crippen MR) is 111 cm³/mol. The van der Waals surface area contributed by atoms with Crippen molar-refractivity contribution in [2.24, 2.45) is 10.9 Å². The molecule has 0 saturated carbocycles. The second kappa shape index (κ2) is 10.3. The molecular formula is C18H32N4O2S2. The summed E-state index contributed by atoms with van der Waals surface area (Å²) in [5.41, 5.74) is 0. The van der Waals surface area contributed by atoms with Crippen molar-refractivity contribution in [1.29, 1.82) is 0 Å². The Morgan fingerprint density at radius 1 is 1.38 bits per heavy atom. The topological polar surface area (TPSA) is 73.8 Å². The molecule has 0 aromatic carbocycles. The average Bonchev–Trinajstić information content (AvgIpc) is 3.12. The van der Waals surface area contributed by atoms with E-state index < -0.39 is 9.84 Å². The molecule has 0 radical (unpaired) electrons. The van der Waals surface area contributed by atoms with Crippen LogP contribution in [0.25, 0.3) is 0 Å². The first-order chi connectivity index (χ1) is 12.4. The second-order valence-electron chi connectivity index (χ2n) is 7.11. The van der Waals surface area contributed by atoms with Crippen molar-refractivity contribution in [3.8, 4) is 0 Å². The molecule has 1 atom stereocenters. The van der Waals surface area contributed by atoms with Gasteiger partial charge in [-0.3, -0.25) is 9.89 Å². The summed E-state index contributed by atoms with van der Waals surface area (Å²) in [6, 6.07) is 4.66. The molecule has 1 aromatic heterocycles. The molecule has 2 N–H and O–H groups in total. The molecule has 6 nitrogen and oxygen atoms in total. The molecule has 1 unspecified atom stereocenters. The van der Waals surface area contributed by atoms with Crippen LogP contribution in [0.3, 0.4) is 0 Å². The second-order valence-corrected chi connectivity index (χ2v) is 10.4. The zero-order valence-corrected chi connectivity index (χ0v) is 17.7. The van der Waals surface area contributed by atoms with Crippen molar-refractivity contribution < 1.29 is 8.42 Å². The van der Waals surface area contributed by atoms with Crippen LogP contribution in [0.1, 0.15) is 37.1 Å². The van der Waals surface area contributed by atoms with Crippen molar-refractivity contribution in [1.82, 2.24) is 15.5 Å². The molecule has 2 rings (SSSR count). The molecule has 0 amide bonds. The molecule has 1 aromatic rings. The van der Waals surface area contributed by atoms with Crippen LogP contribution in [-0.4, -0.2) is 64.5 Å². The van der Waals surface area contributed by atoms with Gasteiger partial charge in [0.25, 0.3) is 0 Å². The Bertz CT molecular complexity index is 651. The molecule has 1 fully saturated rings. The van der Waals surface area contributed by atoms with E-state index in [1.807, 2.05) is 0 Å². The normalized spacial score (nSPS) is 18.7.